The number of benzene rings is 1. The number of methoxy groups -OCH3 is 2. The van der Waals surface area contributed by atoms with Crippen molar-refractivity contribution in [2.75, 3.05) is 20.8 Å². The zero-order valence-electron chi connectivity index (χ0n) is 11.8. The quantitative estimate of drug-likeness (QED) is 0.866. The van der Waals surface area contributed by atoms with Crippen LogP contribution in [0.5, 0.6) is 11.5 Å². The number of hydrogen-bond donors (Lipinski definition) is 1. The Balaban J connectivity index is 2.03. The van der Waals surface area contributed by atoms with Gasteiger partial charge in [-0.15, -0.1) is 0 Å². The lowest BCUT2D eigenvalue weighted by molar-refractivity contribution is -0.0828. The minimum absolute atomic E-state index is 0.131. The highest BCUT2D eigenvalue weighted by Gasteiger charge is 2.36. The van der Waals surface area contributed by atoms with E-state index in [2.05, 4.69) is 0 Å². The van der Waals surface area contributed by atoms with Crippen LogP contribution in [0.15, 0.2) is 48.6 Å². The van der Waals surface area contributed by atoms with Crippen LogP contribution >= 0.6 is 0 Å². The third-order valence-corrected chi connectivity index (χ3v) is 3.47. The van der Waals surface area contributed by atoms with Crippen LogP contribution < -0.4 is 9.47 Å². The molecule has 0 bridgehead atoms. The molecule has 4 nitrogen and oxygen atoms in total. The van der Waals surface area contributed by atoms with Crippen molar-refractivity contribution in [1.29, 1.82) is 0 Å². The van der Waals surface area contributed by atoms with Gasteiger partial charge >= 0.3 is 0 Å². The van der Waals surface area contributed by atoms with Crippen LogP contribution in [-0.4, -0.2) is 37.6 Å². The molecule has 0 radical (unpaired) electrons. The van der Waals surface area contributed by atoms with Crippen LogP contribution in [0.4, 0.5) is 0 Å². The number of ether oxygens (including phenoxy) is 3. The first-order valence-corrected chi connectivity index (χ1v) is 6.55. The van der Waals surface area contributed by atoms with Gasteiger partial charge in [-0.05, 0) is 18.2 Å². The lowest BCUT2D eigenvalue weighted by Crippen LogP contribution is -2.46. The van der Waals surface area contributed by atoms with E-state index in [0.29, 0.717) is 17.9 Å². The summed E-state index contributed by atoms with van der Waals surface area (Å²) in [6, 6.07) is 7.35. The summed E-state index contributed by atoms with van der Waals surface area (Å²) in [5.41, 5.74) is -0.725. The van der Waals surface area contributed by atoms with E-state index in [1.165, 1.54) is 0 Å². The summed E-state index contributed by atoms with van der Waals surface area (Å²) in [6.07, 6.45) is 7.50. The van der Waals surface area contributed by atoms with Gasteiger partial charge in [0.05, 0.1) is 7.11 Å². The highest BCUT2D eigenvalue weighted by molar-refractivity contribution is 5.39. The summed E-state index contributed by atoms with van der Waals surface area (Å²) in [6.45, 7) is 0.131. The minimum Gasteiger partial charge on any atom is -0.493 e. The molecule has 0 aromatic heterocycles. The molecule has 0 spiro atoms. The zero-order chi connectivity index (χ0) is 14.4. The standard InChI is InChI=1S/C16H20O4/c1-18-13-8-4-5-9-14(13)20-12-15(17)16(19-2)10-6-3-7-11-16/h3-10,15,17H,11-12H2,1-2H3. The molecule has 1 N–H and O–H groups in total. The predicted octanol–water partition coefficient (Wildman–Crippen LogP) is 2.34. The molecule has 4 heteroatoms. The first-order valence-electron chi connectivity index (χ1n) is 6.55. The van der Waals surface area contributed by atoms with Crippen molar-refractivity contribution >= 4 is 0 Å². The normalized spacial score (nSPS) is 22.6. The van der Waals surface area contributed by atoms with E-state index in [4.69, 9.17) is 14.2 Å². The lowest BCUT2D eigenvalue weighted by atomic mass is 9.89. The second kappa shape index (κ2) is 6.59. The number of aliphatic hydroxyl groups is 1. The molecule has 0 heterocycles. The Hall–Kier alpha value is -1.78. The highest BCUT2D eigenvalue weighted by Crippen LogP contribution is 2.29. The minimum atomic E-state index is -0.765. The van der Waals surface area contributed by atoms with E-state index in [-0.39, 0.29) is 6.61 Å². The summed E-state index contributed by atoms with van der Waals surface area (Å²) in [5.74, 6) is 1.25. The molecular formula is C16H20O4. The van der Waals surface area contributed by atoms with Crippen LogP contribution in [0.1, 0.15) is 6.42 Å². The van der Waals surface area contributed by atoms with E-state index in [1.807, 2.05) is 48.6 Å². The van der Waals surface area contributed by atoms with Crippen molar-refractivity contribution in [3.8, 4) is 11.5 Å². The summed E-state index contributed by atoms with van der Waals surface area (Å²) in [7, 11) is 3.18. The molecule has 2 unspecified atom stereocenters. The van der Waals surface area contributed by atoms with Gasteiger partial charge in [-0.1, -0.05) is 30.4 Å². The molecule has 20 heavy (non-hydrogen) atoms. The van der Waals surface area contributed by atoms with E-state index in [0.717, 1.165) is 0 Å². The van der Waals surface area contributed by atoms with Gasteiger partial charge in [-0.25, -0.2) is 0 Å². The van der Waals surface area contributed by atoms with Crippen molar-refractivity contribution in [3.05, 3.63) is 48.6 Å². The monoisotopic (exact) mass is 276 g/mol. The average Bonchev–Trinajstić information content (AvgIpc) is 2.53. The van der Waals surface area contributed by atoms with Crippen molar-refractivity contribution in [2.24, 2.45) is 0 Å². The number of aliphatic hydroxyl groups excluding tert-OH is 1. The maximum Gasteiger partial charge on any atom is 0.161 e. The van der Waals surface area contributed by atoms with Gasteiger partial charge in [0.1, 0.15) is 18.3 Å². The van der Waals surface area contributed by atoms with Crippen LogP contribution in [0.25, 0.3) is 0 Å². The average molecular weight is 276 g/mol. The molecule has 0 saturated heterocycles. The molecule has 2 rings (SSSR count). The Kier molecular flexibility index (Phi) is 4.82. The highest BCUT2D eigenvalue weighted by atomic mass is 16.5. The summed E-state index contributed by atoms with van der Waals surface area (Å²) >= 11 is 0. The first-order chi connectivity index (χ1) is 9.72. The number of para-hydroxylation sites is 2. The van der Waals surface area contributed by atoms with Crippen molar-refractivity contribution in [2.45, 2.75) is 18.1 Å². The zero-order valence-corrected chi connectivity index (χ0v) is 11.8. The van der Waals surface area contributed by atoms with E-state index in [9.17, 15) is 5.11 Å². The van der Waals surface area contributed by atoms with Gasteiger partial charge < -0.3 is 19.3 Å². The molecule has 0 fully saturated rings. The Bertz CT molecular complexity index is 495. The van der Waals surface area contributed by atoms with E-state index in [1.54, 1.807) is 14.2 Å². The number of hydrogen-bond acceptors (Lipinski definition) is 4. The predicted molar refractivity (Wildman–Crippen MR) is 77.1 cm³/mol. The van der Waals surface area contributed by atoms with Gasteiger partial charge in [0.25, 0.3) is 0 Å². The van der Waals surface area contributed by atoms with Gasteiger partial charge in [0.2, 0.25) is 0 Å². The maximum absolute atomic E-state index is 10.4. The Morgan fingerprint density at radius 3 is 2.55 bits per heavy atom. The summed E-state index contributed by atoms with van der Waals surface area (Å²) in [4.78, 5) is 0. The van der Waals surface area contributed by atoms with Gasteiger partial charge in [-0.3, -0.25) is 0 Å². The van der Waals surface area contributed by atoms with Gasteiger partial charge in [-0.2, -0.15) is 0 Å². The topological polar surface area (TPSA) is 47.9 Å². The second-order valence-corrected chi connectivity index (χ2v) is 4.63. The number of rotatable bonds is 6. The molecule has 1 aliphatic rings. The fourth-order valence-corrected chi connectivity index (χ4v) is 2.20. The molecule has 1 aromatic rings. The SMILES string of the molecule is COc1ccccc1OCC(O)C1(OC)C=CC=CC1. The lowest BCUT2D eigenvalue weighted by Gasteiger charge is -2.34. The largest absolute Gasteiger partial charge is 0.493 e. The molecule has 0 aliphatic heterocycles. The molecule has 1 aliphatic carbocycles. The van der Waals surface area contributed by atoms with Crippen LogP contribution in [0, 0.1) is 0 Å². The number of allylic oxidation sites excluding steroid dienone is 2. The summed E-state index contributed by atoms with van der Waals surface area (Å²) < 4.78 is 16.4. The Labute approximate surface area is 119 Å². The van der Waals surface area contributed by atoms with Crippen molar-refractivity contribution < 1.29 is 19.3 Å². The maximum atomic E-state index is 10.4. The molecule has 0 saturated carbocycles. The van der Waals surface area contributed by atoms with Gasteiger partial charge in [0.15, 0.2) is 11.5 Å². The smallest absolute Gasteiger partial charge is 0.161 e. The first kappa shape index (κ1) is 14.6. The third kappa shape index (κ3) is 3.03. The molecule has 0 amide bonds. The van der Waals surface area contributed by atoms with Crippen LogP contribution in [0.2, 0.25) is 0 Å². The fourth-order valence-electron chi connectivity index (χ4n) is 2.20. The third-order valence-electron chi connectivity index (χ3n) is 3.47. The molecular weight excluding hydrogens is 256 g/mol. The summed E-state index contributed by atoms with van der Waals surface area (Å²) in [5, 5.41) is 10.4. The Morgan fingerprint density at radius 1 is 1.20 bits per heavy atom. The Morgan fingerprint density at radius 2 is 1.95 bits per heavy atom. The van der Waals surface area contributed by atoms with Crippen LogP contribution in [0.3, 0.4) is 0 Å². The van der Waals surface area contributed by atoms with Crippen molar-refractivity contribution in [3.63, 3.8) is 0 Å². The van der Waals surface area contributed by atoms with Gasteiger partial charge in [0, 0.05) is 13.5 Å². The van der Waals surface area contributed by atoms with E-state index >= 15 is 0 Å². The molecule has 1 aromatic carbocycles. The molecule has 108 valence electrons. The van der Waals surface area contributed by atoms with Crippen LogP contribution in [-0.2, 0) is 4.74 Å². The van der Waals surface area contributed by atoms with Crippen molar-refractivity contribution in [1.82, 2.24) is 0 Å². The molecule has 2 atom stereocenters. The second-order valence-electron chi connectivity index (χ2n) is 4.63. The van der Waals surface area contributed by atoms with E-state index < -0.39 is 11.7 Å². The fraction of sp³-hybridized carbons (Fsp3) is 0.375.